The summed E-state index contributed by atoms with van der Waals surface area (Å²) in [4.78, 5) is 38.2. The summed E-state index contributed by atoms with van der Waals surface area (Å²) in [7, 11) is 0. The van der Waals surface area contributed by atoms with Crippen molar-refractivity contribution in [2.45, 2.75) is 19.3 Å². The Morgan fingerprint density at radius 1 is 1.03 bits per heavy atom. The molecule has 35 heavy (non-hydrogen) atoms. The van der Waals surface area contributed by atoms with E-state index in [0.717, 1.165) is 0 Å². The van der Waals surface area contributed by atoms with Gasteiger partial charge in [-0.15, -0.1) is 0 Å². The molecule has 8 nitrogen and oxygen atoms in total. The predicted molar refractivity (Wildman–Crippen MR) is 127 cm³/mol. The van der Waals surface area contributed by atoms with Crippen molar-refractivity contribution in [1.82, 2.24) is 19.9 Å². The van der Waals surface area contributed by atoms with Crippen LogP contribution >= 0.6 is 0 Å². The molecule has 1 aliphatic rings. The van der Waals surface area contributed by atoms with Crippen molar-refractivity contribution in [1.29, 1.82) is 0 Å². The maximum atomic E-state index is 13.3. The minimum atomic E-state index is -0.639. The van der Waals surface area contributed by atoms with Crippen molar-refractivity contribution in [3.8, 4) is 11.8 Å². The van der Waals surface area contributed by atoms with E-state index in [1.54, 1.807) is 30.3 Å². The third-order valence-electron chi connectivity index (χ3n) is 5.16. The number of rotatable bonds is 9. The molecule has 0 saturated carbocycles. The molecule has 0 saturated heterocycles. The van der Waals surface area contributed by atoms with Crippen molar-refractivity contribution < 1.29 is 18.4 Å². The molecule has 4 rings (SSSR count). The first-order chi connectivity index (χ1) is 17.1. The van der Waals surface area contributed by atoms with Gasteiger partial charge in [0.1, 0.15) is 5.82 Å². The molecule has 0 unspecified atom stereocenters. The molecule has 1 aromatic carbocycles. The van der Waals surface area contributed by atoms with Gasteiger partial charge in [0.25, 0.3) is 11.8 Å². The number of nitrogens with zero attached hydrogens (tertiary/aromatic N) is 4. The maximum absolute atomic E-state index is 13.3. The summed E-state index contributed by atoms with van der Waals surface area (Å²) in [6, 6.07) is 9.55. The highest BCUT2D eigenvalue weighted by Crippen LogP contribution is 2.22. The second-order valence-electron chi connectivity index (χ2n) is 7.63. The van der Waals surface area contributed by atoms with Gasteiger partial charge in [0.15, 0.2) is 0 Å². The SMILES string of the molecule is O=C1c2ccccc2C(=O)N1CCCC#Cc1cnc(Nc2ccnc(F)c2)nc1NCCCF. The smallest absolute Gasteiger partial charge is 0.261 e. The van der Waals surface area contributed by atoms with Crippen LogP contribution in [0.2, 0.25) is 0 Å². The average Bonchev–Trinajstić information content (AvgIpc) is 3.10. The predicted octanol–water partition coefficient (Wildman–Crippen LogP) is 3.95. The zero-order chi connectivity index (χ0) is 24.6. The Morgan fingerprint density at radius 3 is 2.51 bits per heavy atom. The van der Waals surface area contributed by atoms with Gasteiger partial charge in [-0.1, -0.05) is 24.0 Å². The third-order valence-corrected chi connectivity index (χ3v) is 5.16. The van der Waals surface area contributed by atoms with Gasteiger partial charge in [0.05, 0.1) is 29.6 Å². The lowest BCUT2D eigenvalue weighted by molar-refractivity contribution is 0.0653. The van der Waals surface area contributed by atoms with Gasteiger partial charge in [0, 0.05) is 37.5 Å². The number of aromatic nitrogens is 3. The van der Waals surface area contributed by atoms with E-state index in [4.69, 9.17) is 0 Å². The van der Waals surface area contributed by atoms with Crippen LogP contribution in [-0.2, 0) is 0 Å². The minimum absolute atomic E-state index is 0.217. The zero-order valence-corrected chi connectivity index (χ0v) is 18.7. The van der Waals surface area contributed by atoms with E-state index in [9.17, 15) is 18.4 Å². The molecule has 1 aliphatic heterocycles. The number of carbonyl (C=O) groups is 2. The highest BCUT2D eigenvalue weighted by Gasteiger charge is 2.34. The lowest BCUT2D eigenvalue weighted by atomic mass is 10.1. The summed E-state index contributed by atoms with van der Waals surface area (Å²) in [5, 5.41) is 5.93. The molecule has 10 heteroatoms. The van der Waals surface area contributed by atoms with Crippen molar-refractivity contribution in [3.63, 3.8) is 0 Å². The molecule has 2 N–H and O–H groups in total. The van der Waals surface area contributed by atoms with Gasteiger partial charge in [0.2, 0.25) is 11.9 Å². The summed E-state index contributed by atoms with van der Waals surface area (Å²) in [6.45, 7) is 0.147. The van der Waals surface area contributed by atoms with Crippen LogP contribution in [0.1, 0.15) is 45.5 Å². The zero-order valence-electron chi connectivity index (χ0n) is 18.7. The number of nitrogens with one attached hydrogen (secondary N) is 2. The van der Waals surface area contributed by atoms with E-state index in [1.165, 1.54) is 23.4 Å². The Balaban J connectivity index is 1.39. The van der Waals surface area contributed by atoms with Crippen molar-refractivity contribution in [2.24, 2.45) is 0 Å². The molecule has 0 aliphatic carbocycles. The quantitative estimate of drug-likeness (QED) is 0.209. The number of alkyl halides is 1. The maximum Gasteiger partial charge on any atom is 0.261 e. The van der Waals surface area contributed by atoms with E-state index in [-0.39, 0.29) is 24.3 Å². The molecule has 2 amide bonds. The molecule has 2 aromatic heterocycles. The number of carbonyl (C=O) groups excluding carboxylic acids is 2. The van der Waals surface area contributed by atoms with E-state index >= 15 is 0 Å². The Bertz CT molecular complexity index is 1270. The highest BCUT2D eigenvalue weighted by atomic mass is 19.1. The Kier molecular flexibility index (Phi) is 7.57. The first kappa shape index (κ1) is 23.8. The first-order valence-electron chi connectivity index (χ1n) is 11.1. The second-order valence-corrected chi connectivity index (χ2v) is 7.63. The molecule has 3 heterocycles. The summed E-state index contributed by atoms with van der Waals surface area (Å²) >= 11 is 0. The topological polar surface area (TPSA) is 100 Å². The fourth-order valence-electron chi connectivity index (χ4n) is 3.48. The number of pyridine rings is 1. The molecule has 0 fully saturated rings. The molecule has 0 radical (unpaired) electrons. The van der Waals surface area contributed by atoms with E-state index in [1.807, 2.05) is 0 Å². The molecule has 3 aromatic rings. The van der Waals surface area contributed by atoms with E-state index in [2.05, 4.69) is 37.4 Å². The van der Waals surface area contributed by atoms with E-state index in [0.29, 0.717) is 54.0 Å². The molecular formula is C25H22F2N6O2. The van der Waals surface area contributed by atoms with E-state index < -0.39 is 12.6 Å². The summed E-state index contributed by atoms with van der Waals surface area (Å²) in [6.07, 6.45) is 4.09. The van der Waals surface area contributed by atoms with Crippen LogP contribution in [0.3, 0.4) is 0 Å². The second kappa shape index (κ2) is 11.2. The number of hydrogen-bond acceptors (Lipinski definition) is 7. The molecule has 178 valence electrons. The lowest BCUT2D eigenvalue weighted by Crippen LogP contribution is -2.30. The van der Waals surface area contributed by atoms with Gasteiger partial charge in [-0.05, 0) is 31.0 Å². The molecule has 0 spiro atoms. The van der Waals surface area contributed by atoms with Crippen LogP contribution in [-0.4, -0.2) is 51.4 Å². The Hall–Kier alpha value is -4.39. The average molecular weight is 476 g/mol. The minimum Gasteiger partial charge on any atom is -0.369 e. The largest absolute Gasteiger partial charge is 0.369 e. The summed E-state index contributed by atoms with van der Waals surface area (Å²) < 4.78 is 25.9. The Morgan fingerprint density at radius 2 is 1.80 bits per heavy atom. The van der Waals surface area contributed by atoms with Crippen LogP contribution < -0.4 is 10.6 Å². The fraction of sp³-hybridized carbons (Fsp3) is 0.240. The van der Waals surface area contributed by atoms with Crippen molar-refractivity contribution >= 4 is 29.3 Å². The third kappa shape index (κ3) is 5.76. The monoisotopic (exact) mass is 476 g/mol. The van der Waals surface area contributed by atoms with Crippen LogP contribution in [0.15, 0.2) is 48.8 Å². The van der Waals surface area contributed by atoms with Gasteiger partial charge in [-0.2, -0.15) is 9.37 Å². The number of hydrogen-bond donors (Lipinski definition) is 2. The summed E-state index contributed by atoms with van der Waals surface area (Å²) in [5.74, 6) is 5.42. The molecule has 0 atom stereocenters. The molecular weight excluding hydrogens is 454 g/mol. The van der Waals surface area contributed by atoms with Crippen LogP contribution in [0.4, 0.5) is 26.2 Å². The van der Waals surface area contributed by atoms with Gasteiger partial charge >= 0.3 is 0 Å². The van der Waals surface area contributed by atoms with Crippen molar-refractivity contribution in [2.75, 3.05) is 30.4 Å². The number of unbranched alkanes of at least 4 members (excludes halogenated alkanes) is 1. The van der Waals surface area contributed by atoms with Gasteiger partial charge < -0.3 is 10.6 Å². The molecule has 0 bridgehead atoms. The number of amides is 2. The fourth-order valence-corrected chi connectivity index (χ4v) is 3.48. The number of fused-ring (bicyclic) bond motifs is 1. The Labute approximate surface area is 200 Å². The number of halogens is 2. The summed E-state index contributed by atoms with van der Waals surface area (Å²) in [5.41, 5.74) is 1.79. The number of anilines is 3. The number of benzene rings is 1. The highest BCUT2D eigenvalue weighted by molar-refractivity contribution is 6.21. The van der Waals surface area contributed by atoms with Crippen LogP contribution in [0.25, 0.3) is 0 Å². The standard InChI is InChI=1S/C25H22F2N6O2/c26-11-6-12-29-22-17(16-30-25(32-22)31-18-10-13-28-21(27)15-18)7-2-1-5-14-33-23(34)19-8-3-4-9-20(19)24(33)35/h3-4,8-10,13,15-16H,1,5-6,11-12,14H2,(H2,28,29,30,31,32). The van der Waals surface area contributed by atoms with Crippen LogP contribution in [0.5, 0.6) is 0 Å². The normalized spacial score (nSPS) is 12.2. The first-order valence-corrected chi connectivity index (χ1v) is 11.1. The number of imide groups is 1. The van der Waals surface area contributed by atoms with Gasteiger partial charge in [-0.25, -0.2) is 9.97 Å². The van der Waals surface area contributed by atoms with Gasteiger partial charge in [-0.3, -0.25) is 18.9 Å². The van der Waals surface area contributed by atoms with Crippen molar-refractivity contribution in [3.05, 3.63) is 71.4 Å². The van der Waals surface area contributed by atoms with Crippen LogP contribution in [0, 0.1) is 17.8 Å². The lowest BCUT2D eigenvalue weighted by Gasteiger charge is -2.12.